The molecule has 0 saturated carbocycles. The van der Waals surface area contributed by atoms with Crippen molar-refractivity contribution in [3.05, 3.63) is 53.2 Å². The average Bonchev–Trinajstić information content (AvgIpc) is 2.79. The summed E-state index contributed by atoms with van der Waals surface area (Å²) in [5.41, 5.74) is 7.85. The van der Waals surface area contributed by atoms with Gasteiger partial charge in [0.2, 0.25) is 0 Å². The first-order valence-corrected chi connectivity index (χ1v) is 7.61. The molecule has 0 saturated heterocycles. The Bertz CT molecular complexity index is 826. The number of aromatic nitrogens is 3. The lowest BCUT2D eigenvalue weighted by molar-refractivity contribution is 0.606. The average molecular weight is 313 g/mol. The number of hydrogen-bond donors (Lipinski definition) is 2. The topological polar surface area (TPSA) is 68.8 Å². The number of anilines is 1. The fourth-order valence-electron chi connectivity index (χ4n) is 2.75. The highest BCUT2D eigenvalue weighted by Gasteiger charge is 2.20. The fraction of sp³-hybridized carbons (Fsp3) is 0.294. The number of benzene rings is 1. The van der Waals surface area contributed by atoms with Crippen LogP contribution in [0.15, 0.2) is 30.3 Å². The van der Waals surface area contributed by atoms with E-state index in [4.69, 9.17) is 5.73 Å². The van der Waals surface area contributed by atoms with E-state index in [-0.39, 0.29) is 5.82 Å². The van der Waals surface area contributed by atoms with Crippen LogP contribution in [0.3, 0.4) is 0 Å². The molecule has 5 nitrogen and oxygen atoms in total. The van der Waals surface area contributed by atoms with Gasteiger partial charge in [-0.15, -0.1) is 0 Å². The summed E-state index contributed by atoms with van der Waals surface area (Å²) in [6.07, 6.45) is 0.468. The number of halogens is 1. The molecule has 120 valence electrons. The zero-order chi connectivity index (χ0) is 16.4. The monoisotopic (exact) mass is 313 g/mol. The highest BCUT2D eigenvalue weighted by Crippen LogP contribution is 2.28. The summed E-state index contributed by atoms with van der Waals surface area (Å²) in [6, 6.07) is 9.94. The van der Waals surface area contributed by atoms with Gasteiger partial charge in [-0.25, -0.2) is 14.4 Å². The van der Waals surface area contributed by atoms with Crippen LogP contribution >= 0.6 is 0 Å². The lowest BCUT2D eigenvalue weighted by Crippen LogP contribution is -2.08. The first kappa shape index (κ1) is 15.4. The number of nitrogens with one attached hydrogen (secondary N) is 1. The highest BCUT2D eigenvalue weighted by atomic mass is 19.1. The van der Waals surface area contributed by atoms with Crippen LogP contribution in [0.5, 0.6) is 0 Å². The maximum absolute atomic E-state index is 14.8. The Labute approximate surface area is 134 Å². The Balaban J connectivity index is 2.04. The maximum Gasteiger partial charge on any atom is 0.157 e. The Hall–Kier alpha value is -2.47. The van der Waals surface area contributed by atoms with Gasteiger partial charge in [0.1, 0.15) is 17.3 Å². The minimum atomic E-state index is -0.288. The largest absolute Gasteiger partial charge is 0.365 e. The molecule has 2 aromatic heterocycles. The van der Waals surface area contributed by atoms with Crippen LogP contribution in [0, 0.1) is 12.7 Å². The van der Waals surface area contributed by atoms with Crippen LogP contribution in [0.1, 0.15) is 17.1 Å². The van der Waals surface area contributed by atoms with Gasteiger partial charge in [0.15, 0.2) is 5.82 Å². The summed E-state index contributed by atoms with van der Waals surface area (Å²) >= 11 is 0. The van der Waals surface area contributed by atoms with E-state index < -0.39 is 0 Å². The van der Waals surface area contributed by atoms with Gasteiger partial charge in [0.25, 0.3) is 0 Å². The Morgan fingerprint density at radius 1 is 1.22 bits per heavy atom. The minimum Gasteiger partial charge on any atom is -0.365 e. The van der Waals surface area contributed by atoms with Crippen molar-refractivity contribution in [1.82, 2.24) is 14.5 Å². The first-order chi connectivity index (χ1) is 11.1. The Kier molecular flexibility index (Phi) is 4.25. The van der Waals surface area contributed by atoms with E-state index in [0.29, 0.717) is 47.9 Å². The molecule has 0 radical (unpaired) electrons. The summed E-state index contributed by atoms with van der Waals surface area (Å²) in [5, 5.41) is 3.66. The Morgan fingerprint density at radius 2 is 1.96 bits per heavy atom. The second kappa shape index (κ2) is 6.34. The van der Waals surface area contributed by atoms with E-state index in [9.17, 15) is 4.39 Å². The molecule has 23 heavy (non-hydrogen) atoms. The smallest absolute Gasteiger partial charge is 0.157 e. The fourth-order valence-corrected chi connectivity index (χ4v) is 2.75. The molecule has 2 heterocycles. The third-order valence-corrected chi connectivity index (χ3v) is 3.88. The molecule has 0 unspecified atom stereocenters. The van der Waals surface area contributed by atoms with Crippen molar-refractivity contribution in [1.29, 1.82) is 0 Å². The predicted octanol–water partition coefficient (Wildman–Crippen LogP) is 2.53. The quantitative estimate of drug-likeness (QED) is 0.759. The van der Waals surface area contributed by atoms with E-state index >= 15 is 0 Å². The van der Waals surface area contributed by atoms with Gasteiger partial charge in [-0.05, 0) is 19.0 Å². The zero-order valence-electron chi connectivity index (χ0n) is 13.3. The molecule has 3 aromatic rings. The van der Waals surface area contributed by atoms with Crippen molar-refractivity contribution >= 4 is 16.9 Å². The first-order valence-electron chi connectivity index (χ1n) is 7.61. The van der Waals surface area contributed by atoms with Gasteiger partial charge in [-0.2, -0.15) is 0 Å². The van der Waals surface area contributed by atoms with Crippen molar-refractivity contribution in [3.8, 4) is 0 Å². The third kappa shape index (κ3) is 2.90. The summed E-state index contributed by atoms with van der Waals surface area (Å²) < 4.78 is 16.6. The standard InChI is InChI=1S/C17H20FN5/c1-11-21-16(20-10-12-6-4-3-5-7-12)14-15(18)13(8-9-19)23(2)17(14)22-11/h3-7H,8-10,19H2,1-2H3,(H,20,21,22). The van der Waals surface area contributed by atoms with Crippen molar-refractivity contribution < 1.29 is 4.39 Å². The van der Waals surface area contributed by atoms with Gasteiger partial charge >= 0.3 is 0 Å². The van der Waals surface area contributed by atoms with E-state index in [1.165, 1.54) is 0 Å². The molecule has 0 aliphatic heterocycles. The van der Waals surface area contributed by atoms with Gasteiger partial charge in [0.05, 0.1) is 11.1 Å². The summed E-state index contributed by atoms with van der Waals surface area (Å²) in [6.45, 7) is 2.77. The predicted molar refractivity (Wildman–Crippen MR) is 89.7 cm³/mol. The lowest BCUT2D eigenvalue weighted by Gasteiger charge is -2.08. The SMILES string of the molecule is Cc1nc(NCc2ccccc2)c2c(F)c(CCN)n(C)c2n1. The van der Waals surface area contributed by atoms with Crippen LogP contribution < -0.4 is 11.1 Å². The van der Waals surface area contributed by atoms with Crippen molar-refractivity contribution in [2.24, 2.45) is 12.8 Å². The van der Waals surface area contributed by atoms with E-state index in [0.717, 1.165) is 5.56 Å². The summed E-state index contributed by atoms with van der Waals surface area (Å²) in [4.78, 5) is 8.77. The van der Waals surface area contributed by atoms with Crippen molar-refractivity contribution in [2.45, 2.75) is 19.9 Å². The maximum atomic E-state index is 14.8. The number of hydrogen-bond acceptors (Lipinski definition) is 4. The molecule has 6 heteroatoms. The molecule has 0 fully saturated rings. The normalized spacial score (nSPS) is 11.1. The van der Waals surface area contributed by atoms with E-state index in [1.807, 2.05) is 37.4 Å². The lowest BCUT2D eigenvalue weighted by atomic mass is 10.2. The van der Waals surface area contributed by atoms with Crippen molar-refractivity contribution in [2.75, 3.05) is 11.9 Å². The second-order valence-electron chi connectivity index (χ2n) is 5.52. The van der Waals surface area contributed by atoms with Crippen LogP contribution in [-0.4, -0.2) is 21.1 Å². The molecular weight excluding hydrogens is 293 g/mol. The zero-order valence-corrected chi connectivity index (χ0v) is 13.3. The van der Waals surface area contributed by atoms with Gasteiger partial charge in [-0.1, -0.05) is 30.3 Å². The summed E-state index contributed by atoms with van der Waals surface area (Å²) in [7, 11) is 1.81. The molecule has 0 aliphatic rings. The van der Waals surface area contributed by atoms with Crippen LogP contribution in [0.4, 0.5) is 10.2 Å². The second-order valence-corrected chi connectivity index (χ2v) is 5.52. The minimum absolute atomic E-state index is 0.288. The molecule has 0 bridgehead atoms. The van der Waals surface area contributed by atoms with Gasteiger partial charge in [0, 0.05) is 20.0 Å². The van der Waals surface area contributed by atoms with Crippen molar-refractivity contribution in [3.63, 3.8) is 0 Å². The molecule has 0 aliphatic carbocycles. The molecule has 0 spiro atoms. The molecular formula is C17H20FN5. The number of rotatable bonds is 5. The number of fused-ring (bicyclic) bond motifs is 1. The van der Waals surface area contributed by atoms with Crippen LogP contribution in [-0.2, 0) is 20.0 Å². The summed E-state index contributed by atoms with van der Waals surface area (Å²) in [5.74, 6) is 0.837. The van der Waals surface area contributed by atoms with E-state index in [1.54, 1.807) is 11.5 Å². The van der Waals surface area contributed by atoms with Gasteiger partial charge in [-0.3, -0.25) is 0 Å². The van der Waals surface area contributed by atoms with Gasteiger partial charge < -0.3 is 15.6 Å². The van der Waals surface area contributed by atoms with Crippen LogP contribution in [0.2, 0.25) is 0 Å². The molecule has 3 rings (SSSR count). The Morgan fingerprint density at radius 3 is 2.65 bits per heavy atom. The molecule has 0 amide bonds. The number of nitrogens with two attached hydrogens (primary N) is 1. The van der Waals surface area contributed by atoms with E-state index in [2.05, 4.69) is 15.3 Å². The highest BCUT2D eigenvalue weighted by molar-refractivity contribution is 5.89. The number of nitrogens with zero attached hydrogens (tertiary/aromatic N) is 3. The third-order valence-electron chi connectivity index (χ3n) is 3.88. The van der Waals surface area contributed by atoms with Crippen LogP contribution in [0.25, 0.3) is 11.0 Å². The molecule has 0 atom stereocenters. The number of aryl methyl sites for hydroxylation is 2. The molecule has 3 N–H and O–H groups in total. The molecule has 1 aromatic carbocycles.